The minimum absolute atomic E-state index is 0.0519. The van der Waals surface area contributed by atoms with Crippen molar-refractivity contribution in [3.63, 3.8) is 0 Å². The van der Waals surface area contributed by atoms with Crippen molar-refractivity contribution in [3.8, 4) is 16.9 Å². The van der Waals surface area contributed by atoms with Crippen molar-refractivity contribution in [2.75, 3.05) is 6.54 Å². The Morgan fingerprint density at radius 1 is 1.00 bits per heavy atom. The zero-order valence-corrected chi connectivity index (χ0v) is 21.1. The van der Waals surface area contributed by atoms with Gasteiger partial charge in [-0.05, 0) is 42.5 Å². The van der Waals surface area contributed by atoms with Crippen LogP contribution in [0, 0.1) is 5.82 Å². The molecule has 0 fully saturated rings. The van der Waals surface area contributed by atoms with Gasteiger partial charge in [0.15, 0.2) is 0 Å². The molecular weight excluding hydrogens is 532 g/mol. The minimum atomic E-state index is -0.658. The van der Waals surface area contributed by atoms with Crippen LogP contribution in [-0.2, 0) is 16.1 Å². The van der Waals surface area contributed by atoms with Gasteiger partial charge in [-0.2, -0.15) is 0 Å². The summed E-state index contributed by atoms with van der Waals surface area (Å²) in [6.07, 6.45) is 1.52. The molecule has 190 valence electrons. The summed E-state index contributed by atoms with van der Waals surface area (Å²) in [5.74, 6) is -1.66. The van der Waals surface area contributed by atoms with Crippen LogP contribution in [0.2, 0.25) is 10.0 Å². The second-order valence-corrected chi connectivity index (χ2v) is 9.02. The van der Waals surface area contributed by atoms with Crippen LogP contribution in [0.15, 0.2) is 79.0 Å². The number of esters is 1. The third-order valence-electron chi connectivity index (χ3n) is 5.58. The second-order valence-electron chi connectivity index (χ2n) is 8.18. The van der Waals surface area contributed by atoms with E-state index in [9.17, 15) is 14.0 Å². The zero-order valence-electron chi connectivity index (χ0n) is 19.6. The van der Waals surface area contributed by atoms with Crippen LogP contribution in [0.25, 0.3) is 27.8 Å². The van der Waals surface area contributed by atoms with E-state index in [1.54, 1.807) is 24.3 Å². The molecule has 0 radical (unpaired) electrons. The molecule has 1 amide bonds. The molecule has 5 aromatic rings. The highest BCUT2D eigenvalue weighted by Gasteiger charge is 2.16. The van der Waals surface area contributed by atoms with Gasteiger partial charge in [-0.15, -0.1) is 5.10 Å². The first kappa shape index (κ1) is 25.3. The molecule has 0 atom stereocenters. The summed E-state index contributed by atoms with van der Waals surface area (Å²) in [5, 5.41) is 11.7. The number of carbonyl (C=O) groups excluding carboxylic acids is 2. The number of nitrogens with one attached hydrogen (secondary N) is 1. The maximum Gasteiger partial charge on any atom is 0.325 e. The van der Waals surface area contributed by atoms with E-state index in [4.69, 9.17) is 27.9 Å². The Labute approximate surface area is 226 Å². The highest BCUT2D eigenvalue weighted by Crippen LogP contribution is 2.26. The first-order chi connectivity index (χ1) is 18.4. The Kier molecular flexibility index (Phi) is 7.30. The van der Waals surface area contributed by atoms with Gasteiger partial charge >= 0.3 is 5.97 Å². The monoisotopic (exact) mass is 549 g/mol. The van der Waals surface area contributed by atoms with E-state index >= 15 is 0 Å². The van der Waals surface area contributed by atoms with E-state index in [1.165, 1.54) is 29.1 Å². The van der Waals surface area contributed by atoms with E-state index in [0.717, 1.165) is 5.56 Å². The van der Waals surface area contributed by atoms with Crippen LogP contribution < -0.4 is 5.32 Å². The highest BCUT2D eigenvalue weighted by atomic mass is 35.5. The van der Waals surface area contributed by atoms with Gasteiger partial charge < -0.3 is 10.1 Å². The van der Waals surface area contributed by atoms with E-state index in [0.29, 0.717) is 38.6 Å². The summed E-state index contributed by atoms with van der Waals surface area (Å²) >= 11 is 11.8. The maximum absolute atomic E-state index is 13.4. The van der Waals surface area contributed by atoms with Crippen LogP contribution in [0.3, 0.4) is 0 Å². The van der Waals surface area contributed by atoms with Crippen molar-refractivity contribution in [1.82, 2.24) is 25.3 Å². The van der Waals surface area contributed by atoms with Crippen LogP contribution in [0.5, 0.6) is 0 Å². The quantitative estimate of drug-likeness (QED) is 0.273. The number of rotatable bonds is 7. The molecule has 0 aliphatic heterocycles. The molecule has 0 unspecified atom stereocenters. The third-order valence-corrected chi connectivity index (χ3v) is 6.13. The van der Waals surface area contributed by atoms with Gasteiger partial charge in [-0.25, -0.2) is 14.1 Å². The molecular formula is C27H18Cl2FN5O3. The predicted octanol–water partition coefficient (Wildman–Crippen LogP) is 5.40. The fraction of sp³-hybridized carbons (Fsp3) is 0.0741. The number of hydrogen-bond acceptors (Lipinski definition) is 6. The first-order valence-electron chi connectivity index (χ1n) is 11.3. The molecule has 11 heteroatoms. The lowest BCUT2D eigenvalue weighted by molar-refractivity contribution is -0.143. The lowest BCUT2D eigenvalue weighted by Gasteiger charge is -2.10. The van der Waals surface area contributed by atoms with E-state index in [1.807, 2.05) is 30.3 Å². The fourth-order valence-electron chi connectivity index (χ4n) is 3.70. The number of amides is 1. The average Bonchev–Trinajstić information content (AvgIpc) is 3.41. The van der Waals surface area contributed by atoms with Crippen molar-refractivity contribution >= 4 is 46.0 Å². The normalized spacial score (nSPS) is 10.9. The Morgan fingerprint density at radius 2 is 1.79 bits per heavy atom. The van der Waals surface area contributed by atoms with Gasteiger partial charge in [0, 0.05) is 16.0 Å². The molecule has 0 aliphatic rings. The van der Waals surface area contributed by atoms with Gasteiger partial charge in [0.25, 0.3) is 5.91 Å². The maximum atomic E-state index is 13.4. The summed E-state index contributed by atoms with van der Waals surface area (Å²) in [6.45, 7) is -0.518. The van der Waals surface area contributed by atoms with Gasteiger partial charge in [0.05, 0.1) is 33.7 Å². The summed E-state index contributed by atoms with van der Waals surface area (Å²) in [7, 11) is 0. The fourth-order valence-corrected chi connectivity index (χ4v) is 4.00. The predicted molar refractivity (Wildman–Crippen MR) is 141 cm³/mol. The van der Waals surface area contributed by atoms with Crippen molar-refractivity contribution in [1.29, 1.82) is 0 Å². The van der Waals surface area contributed by atoms with Gasteiger partial charge in [0.1, 0.15) is 24.7 Å². The van der Waals surface area contributed by atoms with Gasteiger partial charge in [-0.3, -0.25) is 9.59 Å². The molecule has 0 aliphatic carbocycles. The minimum Gasteiger partial charge on any atom is -0.458 e. The number of hydrogen-bond donors (Lipinski definition) is 1. The number of pyridine rings is 1. The van der Waals surface area contributed by atoms with Gasteiger partial charge in [0.2, 0.25) is 0 Å². The summed E-state index contributed by atoms with van der Waals surface area (Å²) < 4.78 is 20.0. The summed E-state index contributed by atoms with van der Waals surface area (Å²) in [5.41, 5.74) is 3.25. The summed E-state index contributed by atoms with van der Waals surface area (Å²) in [6, 6.07) is 20.2. The number of para-hydroxylation sites is 1. The molecule has 3 aromatic carbocycles. The number of aromatic nitrogens is 4. The van der Waals surface area contributed by atoms with Gasteiger partial charge in [-0.1, -0.05) is 58.7 Å². The van der Waals surface area contributed by atoms with Crippen molar-refractivity contribution in [3.05, 3.63) is 106 Å². The molecule has 2 heterocycles. The number of carbonyl (C=O) groups is 2. The molecule has 0 bridgehead atoms. The molecule has 0 spiro atoms. The number of benzene rings is 3. The molecule has 0 saturated heterocycles. The molecule has 0 saturated carbocycles. The van der Waals surface area contributed by atoms with E-state index in [2.05, 4.69) is 20.6 Å². The number of fused-ring (bicyclic) bond motifs is 1. The summed E-state index contributed by atoms with van der Waals surface area (Å²) in [4.78, 5) is 30.0. The third kappa shape index (κ3) is 5.64. The smallest absolute Gasteiger partial charge is 0.325 e. The van der Waals surface area contributed by atoms with Crippen LogP contribution in [-0.4, -0.2) is 38.4 Å². The zero-order chi connectivity index (χ0) is 26.6. The Hall–Kier alpha value is -4.34. The van der Waals surface area contributed by atoms with Crippen LogP contribution in [0.4, 0.5) is 4.39 Å². The average molecular weight is 550 g/mol. The Balaban J connectivity index is 1.24. The highest BCUT2D eigenvalue weighted by molar-refractivity contribution is 6.31. The molecule has 2 aromatic heterocycles. The lowest BCUT2D eigenvalue weighted by atomic mass is 10.0. The second kappa shape index (κ2) is 11.0. The molecule has 38 heavy (non-hydrogen) atoms. The number of nitrogens with zero attached hydrogens (tertiary/aromatic N) is 4. The number of halogens is 3. The Morgan fingerprint density at radius 3 is 2.58 bits per heavy atom. The molecule has 8 nitrogen and oxygen atoms in total. The largest absolute Gasteiger partial charge is 0.458 e. The SMILES string of the molecule is O=C(CNC(=O)c1cc(-c2ccc(Cl)cc2)nc2ccccc12)OCc1cn(-c2ccc(F)c(Cl)c2)nn1. The van der Waals surface area contributed by atoms with E-state index < -0.39 is 17.7 Å². The number of ether oxygens (including phenoxy) is 1. The van der Waals surface area contributed by atoms with Crippen LogP contribution in [0.1, 0.15) is 16.1 Å². The lowest BCUT2D eigenvalue weighted by Crippen LogP contribution is -2.30. The van der Waals surface area contributed by atoms with E-state index in [-0.39, 0.29) is 18.2 Å². The molecule has 5 rings (SSSR count). The Bertz CT molecular complexity index is 1660. The van der Waals surface area contributed by atoms with Crippen molar-refractivity contribution in [2.24, 2.45) is 0 Å². The van der Waals surface area contributed by atoms with Crippen molar-refractivity contribution in [2.45, 2.75) is 6.61 Å². The molecule has 1 N–H and O–H groups in total. The van der Waals surface area contributed by atoms with Crippen molar-refractivity contribution < 1.29 is 18.7 Å². The first-order valence-corrected chi connectivity index (χ1v) is 12.1. The standard InChI is InChI=1S/C27H18Cl2FN5O3/c28-17-7-5-16(6-8-17)25-12-21(20-3-1-2-4-24(20)32-25)27(37)31-13-26(36)38-15-18-14-35(34-33-18)19-9-10-23(30)22(29)11-19/h1-12,14H,13,15H2,(H,31,37). The van der Waals surface area contributed by atoms with Crippen LogP contribution >= 0.6 is 23.2 Å². The topological polar surface area (TPSA) is 99.0 Å².